The number of fused-ring (bicyclic) bond motifs is 1. The number of aryl methyl sites for hydroxylation is 2. The molecule has 0 aliphatic carbocycles. The van der Waals surface area contributed by atoms with Crippen LogP contribution in [0.3, 0.4) is 0 Å². The van der Waals surface area contributed by atoms with E-state index in [1.807, 2.05) is 18.2 Å². The van der Waals surface area contributed by atoms with Crippen LogP contribution in [-0.4, -0.2) is 4.57 Å². The number of rotatable bonds is 4. The zero-order valence-corrected chi connectivity index (χ0v) is 12.2. The van der Waals surface area contributed by atoms with E-state index < -0.39 is 0 Å². The highest BCUT2D eigenvalue weighted by atomic mass is 16.3. The van der Waals surface area contributed by atoms with E-state index in [9.17, 15) is 4.79 Å². The molecule has 108 valence electrons. The Bertz CT molecular complexity index is 830. The largest absolute Gasteiger partial charge is 0.461 e. The zero-order valence-electron chi connectivity index (χ0n) is 12.2. The second-order valence-electron chi connectivity index (χ2n) is 5.07. The molecule has 0 fully saturated rings. The summed E-state index contributed by atoms with van der Waals surface area (Å²) in [5, 5.41) is 4.51. The van der Waals surface area contributed by atoms with Crippen LogP contribution in [0.4, 0.5) is 5.69 Å². The molecule has 0 saturated carbocycles. The Kier molecular flexibility index (Phi) is 3.52. The lowest BCUT2D eigenvalue weighted by atomic mass is 10.1. The zero-order chi connectivity index (χ0) is 14.8. The SMILES string of the molecule is CCc1oc2ccccc2c1CNc1ccc(=O)n(C)c1. The maximum atomic E-state index is 11.4. The fraction of sp³-hybridized carbons (Fsp3) is 0.235. The molecule has 0 spiro atoms. The van der Waals surface area contributed by atoms with E-state index in [0.717, 1.165) is 28.8 Å². The molecule has 3 rings (SSSR count). The minimum Gasteiger partial charge on any atom is -0.461 e. The summed E-state index contributed by atoms with van der Waals surface area (Å²) >= 11 is 0. The van der Waals surface area contributed by atoms with Gasteiger partial charge in [0, 0.05) is 43.2 Å². The second kappa shape index (κ2) is 5.48. The Hall–Kier alpha value is -2.49. The van der Waals surface area contributed by atoms with Gasteiger partial charge in [-0.15, -0.1) is 0 Å². The van der Waals surface area contributed by atoms with Gasteiger partial charge in [0.15, 0.2) is 0 Å². The Morgan fingerprint density at radius 2 is 2.00 bits per heavy atom. The number of para-hydroxylation sites is 1. The van der Waals surface area contributed by atoms with Crippen LogP contribution in [0.1, 0.15) is 18.2 Å². The van der Waals surface area contributed by atoms with Gasteiger partial charge in [-0.2, -0.15) is 0 Å². The maximum Gasteiger partial charge on any atom is 0.250 e. The van der Waals surface area contributed by atoms with Gasteiger partial charge in [-0.3, -0.25) is 4.79 Å². The van der Waals surface area contributed by atoms with Crippen molar-refractivity contribution < 1.29 is 4.42 Å². The van der Waals surface area contributed by atoms with Gasteiger partial charge in [-0.25, -0.2) is 0 Å². The predicted molar refractivity (Wildman–Crippen MR) is 84.6 cm³/mol. The number of hydrogen-bond donors (Lipinski definition) is 1. The van der Waals surface area contributed by atoms with Crippen LogP contribution in [0.25, 0.3) is 11.0 Å². The standard InChI is InChI=1S/C17H18N2O2/c1-3-15-14(13-6-4-5-7-16(13)21-15)10-18-12-8-9-17(20)19(2)11-12/h4-9,11,18H,3,10H2,1-2H3. The number of aromatic nitrogens is 1. The number of anilines is 1. The highest BCUT2D eigenvalue weighted by Crippen LogP contribution is 2.26. The Balaban J connectivity index is 1.90. The monoisotopic (exact) mass is 282 g/mol. The molecule has 1 aromatic carbocycles. The third-order valence-corrected chi connectivity index (χ3v) is 3.66. The molecule has 4 nitrogen and oxygen atoms in total. The van der Waals surface area contributed by atoms with Crippen molar-refractivity contribution >= 4 is 16.7 Å². The van der Waals surface area contributed by atoms with Crippen molar-refractivity contribution in [1.82, 2.24) is 4.57 Å². The topological polar surface area (TPSA) is 47.2 Å². The first-order chi connectivity index (χ1) is 10.2. The Labute approximate surface area is 123 Å². The molecule has 0 bridgehead atoms. The second-order valence-corrected chi connectivity index (χ2v) is 5.07. The van der Waals surface area contributed by atoms with Crippen LogP contribution in [-0.2, 0) is 20.0 Å². The average Bonchev–Trinajstić information content (AvgIpc) is 2.86. The smallest absolute Gasteiger partial charge is 0.250 e. The van der Waals surface area contributed by atoms with Crippen molar-refractivity contribution in [3.63, 3.8) is 0 Å². The molecule has 0 unspecified atom stereocenters. The van der Waals surface area contributed by atoms with E-state index >= 15 is 0 Å². The van der Waals surface area contributed by atoms with Gasteiger partial charge in [0.05, 0.1) is 5.69 Å². The number of benzene rings is 1. The summed E-state index contributed by atoms with van der Waals surface area (Å²) in [5.74, 6) is 1.01. The lowest BCUT2D eigenvalue weighted by Gasteiger charge is -2.08. The molecule has 0 radical (unpaired) electrons. The average molecular weight is 282 g/mol. The lowest BCUT2D eigenvalue weighted by Crippen LogP contribution is -2.15. The molecule has 2 aromatic heterocycles. The minimum atomic E-state index is -0.0106. The third-order valence-electron chi connectivity index (χ3n) is 3.66. The van der Waals surface area contributed by atoms with E-state index in [-0.39, 0.29) is 5.56 Å². The normalized spacial score (nSPS) is 11.0. The van der Waals surface area contributed by atoms with Gasteiger partial charge in [0.1, 0.15) is 11.3 Å². The van der Waals surface area contributed by atoms with Gasteiger partial charge >= 0.3 is 0 Å². The minimum absolute atomic E-state index is 0.0106. The fourth-order valence-corrected chi connectivity index (χ4v) is 2.52. The first-order valence-electron chi connectivity index (χ1n) is 7.09. The summed E-state index contributed by atoms with van der Waals surface area (Å²) in [6.07, 6.45) is 2.66. The van der Waals surface area contributed by atoms with Crippen LogP contribution >= 0.6 is 0 Å². The molecule has 0 amide bonds. The van der Waals surface area contributed by atoms with Crippen molar-refractivity contribution in [2.45, 2.75) is 19.9 Å². The summed E-state index contributed by atoms with van der Waals surface area (Å²) in [6.45, 7) is 2.77. The molecule has 3 aromatic rings. The van der Waals surface area contributed by atoms with E-state index in [4.69, 9.17) is 4.42 Å². The predicted octanol–water partition coefficient (Wildman–Crippen LogP) is 3.31. The van der Waals surface area contributed by atoms with Crippen LogP contribution < -0.4 is 10.9 Å². The highest BCUT2D eigenvalue weighted by Gasteiger charge is 2.12. The number of nitrogens with zero attached hydrogens (tertiary/aromatic N) is 1. The number of pyridine rings is 1. The number of furan rings is 1. The van der Waals surface area contributed by atoms with Crippen molar-refractivity contribution in [3.8, 4) is 0 Å². The molecular formula is C17H18N2O2. The third kappa shape index (κ3) is 2.57. The molecule has 2 heterocycles. The van der Waals surface area contributed by atoms with Gasteiger partial charge in [0.2, 0.25) is 5.56 Å². The summed E-state index contributed by atoms with van der Waals surface area (Å²) in [4.78, 5) is 11.4. The maximum absolute atomic E-state index is 11.4. The molecule has 0 atom stereocenters. The van der Waals surface area contributed by atoms with E-state index in [1.54, 1.807) is 29.9 Å². The van der Waals surface area contributed by atoms with Crippen LogP contribution in [0.5, 0.6) is 0 Å². The highest BCUT2D eigenvalue weighted by molar-refractivity contribution is 5.82. The molecule has 21 heavy (non-hydrogen) atoms. The van der Waals surface area contributed by atoms with Gasteiger partial charge in [0.25, 0.3) is 0 Å². The molecule has 4 heteroatoms. The van der Waals surface area contributed by atoms with Crippen molar-refractivity contribution in [2.24, 2.45) is 7.05 Å². The van der Waals surface area contributed by atoms with Crippen LogP contribution in [0.2, 0.25) is 0 Å². The van der Waals surface area contributed by atoms with E-state index in [1.165, 1.54) is 5.56 Å². The summed E-state index contributed by atoms with van der Waals surface area (Å²) in [5.41, 5.74) is 3.02. The quantitative estimate of drug-likeness (QED) is 0.798. The summed E-state index contributed by atoms with van der Waals surface area (Å²) in [7, 11) is 1.75. The lowest BCUT2D eigenvalue weighted by molar-refractivity contribution is 0.551. The van der Waals surface area contributed by atoms with Crippen LogP contribution in [0.15, 0.2) is 51.8 Å². The van der Waals surface area contributed by atoms with Crippen molar-refractivity contribution in [1.29, 1.82) is 0 Å². The number of nitrogens with one attached hydrogen (secondary N) is 1. The van der Waals surface area contributed by atoms with E-state index in [0.29, 0.717) is 6.54 Å². The molecule has 0 saturated heterocycles. The van der Waals surface area contributed by atoms with Gasteiger partial charge in [-0.1, -0.05) is 25.1 Å². The van der Waals surface area contributed by atoms with E-state index in [2.05, 4.69) is 18.3 Å². The summed E-state index contributed by atoms with van der Waals surface area (Å²) < 4.78 is 7.45. The van der Waals surface area contributed by atoms with Crippen molar-refractivity contribution in [3.05, 3.63) is 64.3 Å². The number of hydrogen-bond acceptors (Lipinski definition) is 3. The first-order valence-corrected chi connectivity index (χ1v) is 7.09. The molecule has 1 N–H and O–H groups in total. The van der Waals surface area contributed by atoms with Crippen LogP contribution in [0, 0.1) is 0 Å². The fourth-order valence-electron chi connectivity index (χ4n) is 2.52. The summed E-state index contributed by atoms with van der Waals surface area (Å²) in [6, 6.07) is 11.4. The van der Waals surface area contributed by atoms with Gasteiger partial charge in [-0.05, 0) is 12.1 Å². The molecular weight excluding hydrogens is 264 g/mol. The molecule has 0 aliphatic heterocycles. The first kappa shape index (κ1) is 13.5. The van der Waals surface area contributed by atoms with Gasteiger partial charge < -0.3 is 14.3 Å². The Morgan fingerprint density at radius 1 is 1.19 bits per heavy atom. The molecule has 0 aliphatic rings. The Morgan fingerprint density at radius 3 is 2.76 bits per heavy atom. The van der Waals surface area contributed by atoms with Crippen molar-refractivity contribution in [2.75, 3.05) is 5.32 Å².